The summed E-state index contributed by atoms with van der Waals surface area (Å²) < 4.78 is 10.9. The van der Waals surface area contributed by atoms with Gasteiger partial charge in [0.25, 0.3) is 5.91 Å². The van der Waals surface area contributed by atoms with Gasteiger partial charge < -0.3 is 19.7 Å². The number of nitrogens with zero attached hydrogens (tertiary/aromatic N) is 1. The van der Waals surface area contributed by atoms with Crippen LogP contribution in [0.2, 0.25) is 0 Å². The van der Waals surface area contributed by atoms with Gasteiger partial charge in [0.2, 0.25) is 5.91 Å². The Hall–Kier alpha value is -4.13. The number of carbonyl (C=O) groups excluding carboxylic acids is 3. The van der Waals surface area contributed by atoms with E-state index in [1.54, 1.807) is 29.2 Å². The summed E-state index contributed by atoms with van der Waals surface area (Å²) in [4.78, 5) is 38.6. The molecule has 1 fully saturated rings. The predicted octanol–water partition coefficient (Wildman–Crippen LogP) is 4.58. The molecule has 1 aliphatic heterocycles. The highest BCUT2D eigenvalue weighted by Crippen LogP contribution is 2.26. The number of nitrogens with one attached hydrogen (secondary N) is 1. The lowest BCUT2D eigenvalue weighted by Crippen LogP contribution is -2.28. The second-order valence-corrected chi connectivity index (χ2v) is 8.02. The average Bonchev–Trinajstić information content (AvgIpc) is 3.26. The van der Waals surface area contributed by atoms with Crippen molar-refractivity contribution in [2.24, 2.45) is 5.92 Å². The molecule has 1 atom stereocenters. The number of para-hydroxylation sites is 1. The Labute approximate surface area is 198 Å². The molecule has 1 aliphatic rings. The molecule has 7 nitrogen and oxygen atoms in total. The minimum atomic E-state index is -0.597. The molecule has 174 valence electrons. The number of esters is 1. The minimum absolute atomic E-state index is 0.0683. The van der Waals surface area contributed by atoms with Crippen LogP contribution in [0.4, 0.5) is 11.4 Å². The molecule has 0 aliphatic carbocycles. The summed E-state index contributed by atoms with van der Waals surface area (Å²) in [6, 6.07) is 24.0. The van der Waals surface area contributed by atoms with Crippen molar-refractivity contribution in [1.29, 1.82) is 0 Å². The molecule has 0 radical (unpaired) electrons. The van der Waals surface area contributed by atoms with E-state index in [1.807, 2.05) is 54.6 Å². The van der Waals surface area contributed by atoms with Gasteiger partial charge in [-0.25, -0.2) is 0 Å². The summed E-state index contributed by atoms with van der Waals surface area (Å²) in [5.74, 6) is -0.387. The van der Waals surface area contributed by atoms with Gasteiger partial charge in [-0.2, -0.15) is 0 Å². The number of hydrogen-bond acceptors (Lipinski definition) is 5. The lowest BCUT2D eigenvalue weighted by atomic mass is 10.1. The van der Waals surface area contributed by atoms with Crippen molar-refractivity contribution in [3.8, 4) is 11.5 Å². The number of hydrogen-bond donors (Lipinski definition) is 1. The highest BCUT2D eigenvalue weighted by Gasteiger charge is 2.36. The van der Waals surface area contributed by atoms with E-state index >= 15 is 0 Å². The van der Waals surface area contributed by atoms with Gasteiger partial charge in [-0.1, -0.05) is 37.3 Å². The third-order valence-corrected chi connectivity index (χ3v) is 5.58. The summed E-state index contributed by atoms with van der Waals surface area (Å²) in [6.07, 6.45) is 0.982. The predicted molar refractivity (Wildman–Crippen MR) is 129 cm³/mol. The molecule has 3 aromatic carbocycles. The maximum atomic E-state index is 12.4. The maximum absolute atomic E-state index is 12.4. The summed E-state index contributed by atoms with van der Waals surface area (Å²) in [5, 5.41) is 2.68. The molecule has 0 bridgehead atoms. The Kier molecular flexibility index (Phi) is 7.22. The van der Waals surface area contributed by atoms with Crippen molar-refractivity contribution in [2.45, 2.75) is 19.8 Å². The SMILES string of the molecule is CCc1ccc(N2C[C@H](C(=O)OCC(=O)Nc3ccc(Oc4ccccc4)cc3)CC2=O)cc1. The van der Waals surface area contributed by atoms with Gasteiger partial charge in [0.15, 0.2) is 6.61 Å². The van der Waals surface area contributed by atoms with Crippen molar-refractivity contribution in [3.05, 3.63) is 84.4 Å². The van der Waals surface area contributed by atoms with Crippen LogP contribution in [0, 0.1) is 5.92 Å². The zero-order valence-electron chi connectivity index (χ0n) is 18.9. The lowest BCUT2D eigenvalue weighted by molar-refractivity contribution is -0.151. The van der Waals surface area contributed by atoms with Crippen LogP contribution in [0.3, 0.4) is 0 Å². The van der Waals surface area contributed by atoms with Gasteiger partial charge in [-0.3, -0.25) is 14.4 Å². The van der Waals surface area contributed by atoms with Crippen molar-refractivity contribution in [2.75, 3.05) is 23.4 Å². The van der Waals surface area contributed by atoms with Crippen molar-refractivity contribution < 1.29 is 23.9 Å². The quantitative estimate of drug-likeness (QED) is 0.500. The van der Waals surface area contributed by atoms with E-state index in [0.29, 0.717) is 17.2 Å². The van der Waals surface area contributed by atoms with E-state index in [0.717, 1.165) is 12.1 Å². The van der Waals surface area contributed by atoms with Gasteiger partial charge in [0.1, 0.15) is 11.5 Å². The normalized spacial score (nSPS) is 15.1. The van der Waals surface area contributed by atoms with E-state index in [9.17, 15) is 14.4 Å². The largest absolute Gasteiger partial charge is 0.457 e. The van der Waals surface area contributed by atoms with Crippen molar-refractivity contribution in [3.63, 3.8) is 0 Å². The number of anilines is 2. The standard InChI is InChI=1S/C27H26N2O5/c1-2-19-8-12-22(13-9-19)29-17-20(16-26(29)31)27(32)33-18-25(30)28-21-10-14-24(15-11-21)34-23-6-4-3-5-7-23/h3-15,20H,2,16-18H2,1H3,(H,28,30)/t20-/m1/s1. The number of aryl methyl sites for hydroxylation is 1. The Morgan fingerprint density at radius 2 is 1.62 bits per heavy atom. The molecule has 0 aromatic heterocycles. The van der Waals surface area contributed by atoms with Crippen LogP contribution < -0.4 is 15.0 Å². The van der Waals surface area contributed by atoms with Gasteiger partial charge in [-0.05, 0) is 60.5 Å². The molecule has 3 aromatic rings. The molecule has 7 heteroatoms. The van der Waals surface area contributed by atoms with E-state index in [1.165, 1.54) is 5.56 Å². The number of carbonyl (C=O) groups is 3. The van der Waals surface area contributed by atoms with Gasteiger partial charge in [0.05, 0.1) is 5.92 Å². The molecule has 34 heavy (non-hydrogen) atoms. The smallest absolute Gasteiger partial charge is 0.311 e. The number of amides is 2. The molecule has 0 spiro atoms. The number of ether oxygens (including phenoxy) is 2. The molecular formula is C27H26N2O5. The molecule has 1 N–H and O–H groups in total. The molecule has 0 unspecified atom stereocenters. The summed E-state index contributed by atoms with van der Waals surface area (Å²) >= 11 is 0. The van der Waals surface area contributed by atoms with Crippen LogP contribution in [-0.2, 0) is 25.5 Å². The molecule has 4 rings (SSSR count). The maximum Gasteiger partial charge on any atom is 0.311 e. The summed E-state index contributed by atoms with van der Waals surface area (Å²) in [7, 11) is 0. The lowest BCUT2D eigenvalue weighted by Gasteiger charge is -2.17. The third kappa shape index (κ3) is 5.81. The topological polar surface area (TPSA) is 84.9 Å². The van der Waals surface area contributed by atoms with Gasteiger partial charge in [0, 0.05) is 24.3 Å². The van der Waals surface area contributed by atoms with Crippen molar-refractivity contribution >= 4 is 29.2 Å². The fourth-order valence-electron chi connectivity index (χ4n) is 3.71. The second-order valence-electron chi connectivity index (χ2n) is 8.02. The Balaban J connectivity index is 1.24. The average molecular weight is 459 g/mol. The fraction of sp³-hybridized carbons (Fsp3) is 0.222. The van der Waals surface area contributed by atoms with E-state index in [-0.39, 0.29) is 18.9 Å². The highest BCUT2D eigenvalue weighted by molar-refractivity contribution is 6.00. The van der Waals surface area contributed by atoms with Gasteiger partial charge >= 0.3 is 5.97 Å². The molecule has 1 heterocycles. The Morgan fingerprint density at radius 3 is 2.29 bits per heavy atom. The van der Waals surface area contributed by atoms with Crippen LogP contribution in [0.5, 0.6) is 11.5 Å². The van der Waals surface area contributed by atoms with Crippen LogP contribution >= 0.6 is 0 Å². The zero-order valence-corrected chi connectivity index (χ0v) is 18.9. The first-order valence-electron chi connectivity index (χ1n) is 11.2. The first-order chi connectivity index (χ1) is 16.5. The molecule has 2 amide bonds. The highest BCUT2D eigenvalue weighted by atomic mass is 16.5. The first-order valence-corrected chi connectivity index (χ1v) is 11.2. The van der Waals surface area contributed by atoms with Crippen LogP contribution in [0.15, 0.2) is 78.9 Å². The Bertz CT molecular complexity index is 1140. The van der Waals surface area contributed by atoms with E-state index in [4.69, 9.17) is 9.47 Å². The van der Waals surface area contributed by atoms with Crippen LogP contribution in [0.25, 0.3) is 0 Å². The summed E-state index contributed by atoms with van der Waals surface area (Å²) in [6.45, 7) is 1.89. The molecule has 0 saturated carbocycles. The first kappa shape index (κ1) is 23.0. The zero-order chi connectivity index (χ0) is 23.9. The second kappa shape index (κ2) is 10.7. The number of rotatable bonds is 8. The van der Waals surface area contributed by atoms with Crippen LogP contribution in [-0.4, -0.2) is 30.9 Å². The van der Waals surface area contributed by atoms with Crippen LogP contribution in [0.1, 0.15) is 18.9 Å². The molecular weight excluding hydrogens is 432 g/mol. The monoisotopic (exact) mass is 458 g/mol. The third-order valence-electron chi connectivity index (χ3n) is 5.58. The van der Waals surface area contributed by atoms with E-state index in [2.05, 4.69) is 12.2 Å². The Morgan fingerprint density at radius 1 is 0.941 bits per heavy atom. The summed E-state index contributed by atoms with van der Waals surface area (Å²) in [5.41, 5.74) is 2.49. The van der Waals surface area contributed by atoms with Crippen molar-refractivity contribution in [1.82, 2.24) is 0 Å². The minimum Gasteiger partial charge on any atom is -0.457 e. The van der Waals surface area contributed by atoms with Gasteiger partial charge in [-0.15, -0.1) is 0 Å². The number of benzene rings is 3. The molecule has 1 saturated heterocycles. The van der Waals surface area contributed by atoms with E-state index < -0.39 is 24.4 Å². The fourth-order valence-corrected chi connectivity index (χ4v) is 3.71.